The lowest BCUT2D eigenvalue weighted by atomic mass is 9.79. The van der Waals surface area contributed by atoms with Crippen LogP contribution in [-0.2, 0) is 22.2 Å². The third-order valence-corrected chi connectivity index (χ3v) is 16.9. The van der Waals surface area contributed by atoms with Crippen LogP contribution in [-0.4, -0.2) is 57.4 Å². The lowest BCUT2D eigenvalue weighted by molar-refractivity contribution is -0.866. The fourth-order valence-corrected chi connectivity index (χ4v) is 13.4. The summed E-state index contributed by atoms with van der Waals surface area (Å²) in [5.74, 6) is 1.76. The minimum atomic E-state index is -2.31. The Kier molecular flexibility index (Phi) is 10.7. The number of fused-ring (bicyclic) bond motifs is 5. The second-order valence-electron chi connectivity index (χ2n) is 18.8. The van der Waals surface area contributed by atoms with Crippen molar-refractivity contribution in [2.75, 3.05) is 13.4 Å². The van der Waals surface area contributed by atoms with Crippen LogP contribution in [0.3, 0.4) is 0 Å². The van der Waals surface area contributed by atoms with Crippen LogP contribution in [0.15, 0.2) is 115 Å². The molecule has 1 spiro atoms. The van der Waals surface area contributed by atoms with E-state index in [-0.39, 0.29) is 30.3 Å². The highest BCUT2D eigenvalue weighted by molar-refractivity contribution is 7.78. The number of hydrogen-bond acceptors (Lipinski definition) is 3. The van der Waals surface area contributed by atoms with Gasteiger partial charge in [-0.15, -0.1) is 0 Å². The molecule has 6 nitrogen and oxygen atoms in total. The molecule has 3 aliphatic heterocycles. The molecule has 3 unspecified atom stereocenters. The van der Waals surface area contributed by atoms with Gasteiger partial charge >= 0.3 is 6.03 Å². The van der Waals surface area contributed by atoms with Crippen molar-refractivity contribution in [3.05, 3.63) is 149 Å². The van der Waals surface area contributed by atoms with Gasteiger partial charge in [0, 0.05) is 46.7 Å². The first-order valence-corrected chi connectivity index (χ1v) is 23.1. The summed E-state index contributed by atoms with van der Waals surface area (Å²) in [7, 11) is -0.0813. The van der Waals surface area contributed by atoms with E-state index in [1.165, 1.54) is 40.1 Å². The van der Waals surface area contributed by atoms with Crippen molar-refractivity contribution in [2.24, 2.45) is 0 Å². The van der Waals surface area contributed by atoms with Crippen LogP contribution in [0.25, 0.3) is 0 Å². The molecule has 3 heterocycles. The Morgan fingerprint density at radius 3 is 1.76 bits per heavy atom. The van der Waals surface area contributed by atoms with Gasteiger partial charge in [0.15, 0.2) is 31.0 Å². The molecule has 0 bridgehead atoms. The van der Waals surface area contributed by atoms with Gasteiger partial charge in [-0.2, -0.15) is 0 Å². The van der Waals surface area contributed by atoms with E-state index in [0.29, 0.717) is 13.0 Å². The van der Waals surface area contributed by atoms with Gasteiger partial charge in [-0.25, -0.2) is 4.33 Å². The predicted octanol–water partition coefficient (Wildman–Crippen LogP) is 10.8. The predicted molar refractivity (Wildman–Crippen MR) is 244 cm³/mol. The maximum absolute atomic E-state index is 7.50. The maximum atomic E-state index is 7.50. The van der Waals surface area contributed by atoms with Gasteiger partial charge in [-0.1, -0.05) is 119 Å². The fraction of sp³-hybridized carbons (Fsp3) is 0.385. The molecule has 59 heavy (non-hydrogen) atoms. The van der Waals surface area contributed by atoms with E-state index >= 15 is 0 Å². The fourth-order valence-electron chi connectivity index (χ4n) is 9.71. The Balaban J connectivity index is 0.00000484. The molecule has 5 aromatic rings. The third kappa shape index (κ3) is 7.00. The van der Waals surface area contributed by atoms with Gasteiger partial charge in [-0.3, -0.25) is 0 Å². The Bertz CT molecular complexity index is 2450. The quantitative estimate of drug-likeness (QED) is 0.121. The summed E-state index contributed by atoms with van der Waals surface area (Å²) in [6.07, 6.45) is 9.84. The normalized spacial score (nSPS) is 20.5. The van der Waals surface area contributed by atoms with Gasteiger partial charge in [0.1, 0.15) is 13.4 Å². The van der Waals surface area contributed by atoms with Crippen LogP contribution < -0.4 is 20.1 Å². The molecular weight excluding hydrogens is 746 g/mol. The van der Waals surface area contributed by atoms with Gasteiger partial charge in [0.25, 0.3) is 0 Å². The monoisotopic (exact) mass is 808 g/mol. The number of hydrogen-bond donors (Lipinski definition) is 0. The van der Waals surface area contributed by atoms with Crippen LogP contribution in [0.4, 0.5) is 5.69 Å². The number of para-hydroxylation sites is 1. The number of nitrogens with zero attached hydrogens (tertiary/aromatic N) is 3. The summed E-state index contributed by atoms with van der Waals surface area (Å²) in [6, 6.07) is 41.2. The first-order valence-electron chi connectivity index (χ1n) is 21.1. The molecule has 0 amide bonds. The zero-order valence-corrected chi connectivity index (χ0v) is 36.4. The van der Waals surface area contributed by atoms with Gasteiger partial charge in [0.05, 0.1) is 17.7 Å². The number of benzene rings is 5. The smallest absolute Gasteiger partial charge is 0.366 e. The highest BCUT2D eigenvalue weighted by Gasteiger charge is 2.76. The molecule has 1 saturated heterocycles. The number of aryl methyl sites for hydroxylation is 1. The summed E-state index contributed by atoms with van der Waals surface area (Å²) in [5, 5.41) is 2.55. The van der Waals surface area contributed by atoms with Crippen molar-refractivity contribution < 1.29 is 27.7 Å². The van der Waals surface area contributed by atoms with Crippen LogP contribution in [0.2, 0.25) is 0 Å². The van der Waals surface area contributed by atoms with E-state index in [0.717, 1.165) is 46.7 Å². The topological polar surface area (TPSA) is 36.7 Å². The van der Waals surface area contributed by atoms with Gasteiger partial charge in [0.2, 0.25) is 17.8 Å². The molecule has 0 N–H and O–H groups in total. The van der Waals surface area contributed by atoms with Crippen molar-refractivity contribution in [1.82, 2.24) is 0 Å². The van der Waals surface area contributed by atoms with Crippen molar-refractivity contribution in [1.29, 1.82) is 0 Å². The van der Waals surface area contributed by atoms with Crippen molar-refractivity contribution >= 4 is 35.8 Å². The van der Waals surface area contributed by atoms with E-state index in [1.807, 2.05) is 0 Å². The van der Waals surface area contributed by atoms with Crippen LogP contribution >= 0.6 is 7.05 Å². The van der Waals surface area contributed by atoms with Crippen LogP contribution in [0.5, 0.6) is 11.5 Å². The summed E-state index contributed by atoms with van der Waals surface area (Å²) in [6.45, 7) is 16.3. The molecule has 4 aliphatic rings. The molecule has 2 fully saturated rings. The zero-order valence-electron chi connectivity index (χ0n) is 35.5. The lowest BCUT2D eigenvalue weighted by Crippen LogP contribution is -2.60. The maximum Gasteiger partial charge on any atom is 0.704 e. The lowest BCUT2D eigenvalue weighted by Gasteiger charge is -2.33. The first kappa shape index (κ1) is 41.0. The minimum Gasteiger partial charge on any atom is -0.366 e. The number of ether oxygens (including phenoxy) is 3. The largest absolute Gasteiger partial charge is 0.704 e. The summed E-state index contributed by atoms with van der Waals surface area (Å²) >= 11 is 0. The SMILES string of the molecule is C.Cc1cc2c(c(COCP(c3ccccc3)(c3ccccc3)=[N+](C)c3ccccc3)c1)OC13Oc4c(cc(C(C)(C)C)cc4C(C)(C)C)C=[N+]1C1CCCCC1[N+]3=C2. The molecular formula is C52H63N3O3P+3. The standard InChI is InChI=1S/C51H59N3O3P.CH4/c1-36-28-37-32-53-45-26-18-19-27-46(45)54-33-38-30-40(49(2,3)4)31-44(50(5,6)7)48(38)57-51(53,54)56-47(37)39(29-36)34-55-35-58(42-22-14-10-15-23-42,43-24-16-11-17-25-43)52(8)41-20-12-9-13-21-41;/h9-17,20-25,28-33,45-46H,18-19,26-27,34-35H2,1-8H3;1H4/q+3;. The Morgan fingerprint density at radius 1 is 0.695 bits per heavy atom. The van der Waals surface area contributed by atoms with E-state index in [1.54, 1.807) is 0 Å². The van der Waals surface area contributed by atoms with Crippen molar-refractivity contribution in [3.8, 4) is 11.5 Å². The number of rotatable bonds is 7. The average Bonchev–Trinajstić information content (AvgIpc) is 3.49. The molecule has 0 radical (unpaired) electrons. The van der Waals surface area contributed by atoms with E-state index in [2.05, 4.69) is 197 Å². The molecule has 7 heteroatoms. The molecule has 306 valence electrons. The van der Waals surface area contributed by atoms with E-state index in [4.69, 9.17) is 14.2 Å². The molecule has 1 aliphatic carbocycles. The molecule has 3 atom stereocenters. The van der Waals surface area contributed by atoms with E-state index < -0.39 is 13.1 Å². The van der Waals surface area contributed by atoms with Crippen LogP contribution in [0.1, 0.15) is 108 Å². The van der Waals surface area contributed by atoms with Crippen LogP contribution in [0, 0.1) is 6.92 Å². The summed E-state index contributed by atoms with van der Waals surface area (Å²) in [4.78, 5) is 0. The highest BCUT2D eigenvalue weighted by atomic mass is 31.2. The van der Waals surface area contributed by atoms with Crippen molar-refractivity contribution in [2.45, 2.75) is 117 Å². The molecule has 1 saturated carbocycles. The van der Waals surface area contributed by atoms with E-state index in [9.17, 15) is 0 Å². The summed E-state index contributed by atoms with van der Waals surface area (Å²) < 4.78 is 29.4. The highest BCUT2D eigenvalue weighted by Crippen LogP contribution is 2.51. The molecule has 5 aromatic carbocycles. The van der Waals surface area contributed by atoms with Gasteiger partial charge in [-0.05, 0) is 84.2 Å². The Labute approximate surface area is 352 Å². The second-order valence-corrected chi connectivity index (χ2v) is 22.2. The Morgan fingerprint density at radius 2 is 1.22 bits per heavy atom. The van der Waals surface area contributed by atoms with Crippen molar-refractivity contribution in [3.63, 3.8) is 0 Å². The Hall–Kier alpha value is -4.77. The second kappa shape index (κ2) is 15.4. The first-order chi connectivity index (χ1) is 27.8. The molecule has 9 rings (SSSR count). The third-order valence-electron chi connectivity index (χ3n) is 12.8. The average molecular weight is 809 g/mol. The zero-order chi connectivity index (χ0) is 40.5. The van der Waals surface area contributed by atoms with Gasteiger partial charge < -0.3 is 14.2 Å². The minimum absolute atomic E-state index is 0. The summed E-state index contributed by atoms with van der Waals surface area (Å²) in [5.41, 5.74) is 7.99. The molecule has 0 aromatic heterocycles.